The molecule has 3 aliphatic rings. The second-order valence-electron chi connectivity index (χ2n) is 8.44. The minimum absolute atomic E-state index is 0.106. The van der Waals surface area contributed by atoms with Gasteiger partial charge in [0.25, 0.3) is 0 Å². The van der Waals surface area contributed by atoms with E-state index in [1.165, 1.54) is 0 Å². The standard InChI is InChI=1S/C20H26N4O3S/c1-14-2-4-16(5-3-14)28(25,26)23-9-17-18-11-24(10-15-8-21-13-22-15)12-20(18)7-6-19(17)27-20/h2-5,8,13,17-19,23H,6-7,9-12H2,1H3,(H,21,22)/t17-,18+,19+,20+/m0/s1. The number of ether oxygens (including phenoxy) is 1. The average molecular weight is 403 g/mol. The number of rotatable bonds is 6. The van der Waals surface area contributed by atoms with Gasteiger partial charge < -0.3 is 9.72 Å². The number of sulfonamides is 1. The molecule has 4 atom stereocenters. The summed E-state index contributed by atoms with van der Waals surface area (Å²) in [5.41, 5.74) is 2.04. The highest BCUT2D eigenvalue weighted by molar-refractivity contribution is 7.89. The van der Waals surface area contributed by atoms with Crippen molar-refractivity contribution >= 4 is 10.0 Å². The zero-order valence-electron chi connectivity index (χ0n) is 16.0. The van der Waals surface area contributed by atoms with Crippen LogP contribution in [-0.4, -0.2) is 54.6 Å². The van der Waals surface area contributed by atoms with Gasteiger partial charge in [-0.3, -0.25) is 4.90 Å². The van der Waals surface area contributed by atoms with E-state index in [4.69, 9.17) is 4.74 Å². The Morgan fingerprint density at radius 2 is 2.18 bits per heavy atom. The summed E-state index contributed by atoms with van der Waals surface area (Å²) in [6.45, 7) is 5.06. The summed E-state index contributed by atoms with van der Waals surface area (Å²) in [7, 11) is -3.50. The summed E-state index contributed by atoms with van der Waals surface area (Å²) in [4.78, 5) is 9.99. The van der Waals surface area contributed by atoms with Crippen LogP contribution in [0, 0.1) is 18.8 Å². The number of nitrogens with zero attached hydrogens (tertiary/aromatic N) is 2. The fraction of sp³-hybridized carbons (Fsp3) is 0.550. The average Bonchev–Trinajstić information content (AvgIpc) is 3.42. The minimum atomic E-state index is -3.50. The van der Waals surface area contributed by atoms with Crippen LogP contribution >= 0.6 is 0 Å². The first-order chi connectivity index (χ1) is 13.5. The molecule has 3 fully saturated rings. The van der Waals surface area contributed by atoms with Crippen molar-refractivity contribution in [3.8, 4) is 0 Å². The molecule has 150 valence electrons. The monoisotopic (exact) mass is 402 g/mol. The second kappa shape index (κ2) is 6.66. The summed E-state index contributed by atoms with van der Waals surface area (Å²) < 4.78 is 34.7. The molecule has 8 heteroatoms. The summed E-state index contributed by atoms with van der Waals surface area (Å²) in [5, 5.41) is 0. The van der Waals surface area contributed by atoms with Gasteiger partial charge in [-0.1, -0.05) is 17.7 Å². The molecule has 0 aliphatic carbocycles. The highest BCUT2D eigenvalue weighted by Gasteiger charge is 2.62. The lowest BCUT2D eigenvalue weighted by molar-refractivity contribution is 0.00212. The molecule has 1 aromatic heterocycles. The minimum Gasteiger partial charge on any atom is -0.370 e. The van der Waals surface area contributed by atoms with Gasteiger partial charge in [-0.05, 0) is 31.9 Å². The number of fused-ring (bicyclic) bond motifs is 1. The Hall–Kier alpha value is -1.74. The highest BCUT2D eigenvalue weighted by atomic mass is 32.2. The number of aromatic nitrogens is 2. The molecule has 3 aliphatic heterocycles. The highest BCUT2D eigenvalue weighted by Crippen LogP contribution is 2.54. The number of hydrogen-bond donors (Lipinski definition) is 2. The van der Waals surface area contributed by atoms with E-state index in [0.29, 0.717) is 17.4 Å². The van der Waals surface area contributed by atoms with E-state index in [1.807, 2.05) is 25.3 Å². The number of H-pyrrole nitrogens is 1. The third-order valence-corrected chi connectivity index (χ3v) is 8.08. The molecule has 2 bridgehead atoms. The number of aryl methyl sites for hydroxylation is 1. The first-order valence-corrected chi connectivity index (χ1v) is 11.4. The van der Waals surface area contributed by atoms with E-state index >= 15 is 0 Å². The Morgan fingerprint density at radius 1 is 1.36 bits per heavy atom. The second-order valence-corrected chi connectivity index (χ2v) is 10.2. The molecule has 7 nitrogen and oxygen atoms in total. The topological polar surface area (TPSA) is 87.3 Å². The third-order valence-electron chi connectivity index (χ3n) is 6.64. The van der Waals surface area contributed by atoms with Crippen LogP contribution in [-0.2, 0) is 21.3 Å². The predicted octanol–water partition coefficient (Wildman–Crippen LogP) is 1.68. The Labute approximate surface area is 165 Å². The van der Waals surface area contributed by atoms with Crippen LogP contribution < -0.4 is 4.72 Å². The third kappa shape index (κ3) is 3.08. The Kier molecular flexibility index (Phi) is 4.35. The van der Waals surface area contributed by atoms with Crippen molar-refractivity contribution < 1.29 is 13.2 Å². The molecule has 1 aromatic carbocycles. The summed E-state index contributed by atoms with van der Waals surface area (Å²) in [6.07, 6.45) is 5.82. The van der Waals surface area contributed by atoms with E-state index in [2.05, 4.69) is 19.6 Å². The van der Waals surface area contributed by atoms with E-state index in [1.54, 1.807) is 18.5 Å². The number of benzene rings is 1. The van der Waals surface area contributed by atoms with E-state index < -0.39 is 10.0 Å². The zero-order chi connectivity index (χ0) is 19.4. The van der Waals surface area contributed by atoms with Gasteiger partial charge in [-0.25, -0.2) is 18.1 Å². The van der Waals surface area contributed by atoms with E-state index in [-0.39, 0.29) is 17.6 Å². The maximum Gasteiger partial charge on any atom is 0.240 e. The normalized spacial score (nSPS) is 32.1. The molecule has 0 radical (unpaired) electrons. The number of hydrogen-bond acceptors (Lipinski definition) is 5. The lowest BCUT2D eigenvalue weighted by Gasteiger charge is -2.29. The predicted molar refractivity (Wildman–Crippen MR) is 104 cm³/mol. The molecule has 4 heterocycles. The van der Waals surface area contributed by atoms with Crippen molar-refractivity contribution in [1.82, 2.24) is 19.6 Å². The molecule has 2 N–H and O–H groups in total. The molecular weight excluding hydrogens is 376 g/mol. The number of likely N-dealkylation sites (tertiary alicyclic amines) is 1. The molecule has 3 saturated heterocycles. The molecule has 1 spiro atoms. The van der Waals surface area contributed by atoms with Crippen molar-refractivity contribution in [2.24, 2.45) is 11.8 Å². The van der Waals surface area contributed by atoms with E-state index in [0.717, 1.165) is 43.7 Å². The Morgan fingerprint density at radius 3 is 2.93 bits per heavy atom. The lowest BCUT2D eigenvalue weighted by Crippen LogP contribution is -2.41. The summed E-state index contributed by atoms with van der Waals surface area (Å²) in [6, 6.07) is 6.99. The Bertz CT molecular complexity index is 944. The first-order valence-electron chi connectivity index (χ1n) is 9.89. The fourth-order valence-electron chi connectivity index (χ4n) is 5.30. The van der Waals surface area contributed by atoms with Gasteiger partial charge in [-0.2, -0.15) is 0 Å². The molecule has 0 amide bonds. The van der Waals surface area contributed by atoms with Crippen molar-refractivity contribution in [3.63, 3.8) is 0 Å². The molecule has 0 unspecified atom stereocenters. The maximum atomic E-state index is 12.7. The largest absolute Gasteiger partial charge is 0.370 e. The van der Waals surface area contributed by atoms with Crippen LogP contribution in [0.5, 0.6) is 0 Å². The number of imidazole rings is 1. The van der Waals surface area contributed by atoms with Crippen LogP contribution in [0.25, 0.3) is 0 Å². The van der Waals surface area contributed by atoms with Crippen molar-refractivity contribution in [2.45, 2.75) is 42.9 Å². The molecular formula is C20H26N4O3S. The van der Waals surface area contributed by atoms with Crippen molar-refractivity contribution in [2.75, 3.05) is 19.6 Å². The van der Waals surface area contributed by atoms with Gasteiger partial charge >= 0.3 is 0 Å². The number of aromatic amines is 1. The first kappa shape index (κ1) is 18.3. The lowest BCUT2D eigenvalue weighted by atomic mass is 9.74. The van der Waals surface area contributed by atoms with Crippen molar-refractivity contribution in [1.29, 1.82) is 0 Å². The van der Waals surface area contributed by atoms with Crippen LogP contribution in [0.2, 0.25) is 0 Å². The summed E-state index contributed by atoms with van der Waals surface area (Å²) >= 11 is 0. The summed E-state index contributed by atoms with van der Waals surface area (Å²) in [5.74, 6) is 0.593. The van der Waals surface area contributed by atoms with Gasteiger partial charge in [0.2, 0.25) is 10.0 Å². The van der Waals surface area contributed by atoms with Crippen LogP contribution in [0.3, 0.4) is 0 Å². The van der Waals surface area contributed by atoms with E-state index in [9.17, 15) is 8.42 Å². The molecule has 0 saturated carbocycles. The smallest absolute Gasteiger partial charge is 0.240 e. The van der Waals surface area contributed by atoms with Gasteiger partial charge in [0.1, 0.15) is 0 Å². The van der Waals surface area contributed by atoms with Gasteiger partial charge in [0, 0.05) is 49.9 Å². The fourth-order valence-corrected chi connectivity index (χ4v) is 6.37. The van der Waals surface area contributed by atoms with Gasteiger partial charge in [0.05, 0.1) is 22.9 Å². The van der Waals surface area contributed by atoms with Crippen LogP contribution in [0.15, 0.2) is 41.7 Å². The van der Waals surface area contributed by atoms with Crippen molar-refractivity contribution in [3.05, 3.63) is 48.0 Å². The van der Waals surface area contributed by atoms with Gasteiger partial charge in [0.15, 0.2) is 0 Å². The maximum absolute atomic E-state index is 12.7. The zero-order valence-corrected chi connectivity index (χ0v) is 16.8. The number of nitrogens with one attached hydrogen (secondary N) is 2. The molecule has 28 heavy (non-hydrogen) atoms. The van der Waals surface area contributed by atoms with Crippen LogP contribution in [0.4, 0.5) is 0 Å². The van der Waals surface area contributed by atoms with Crippen LogP contribution in [0.1, 0.15) is 24.1 Å². The van der Waals surface area contributed by atoms with Gasteiger partial charge in [-0.15, -0.1) is 0 Å². The Balaban J connectivity index is 1.28. The quantitative estimate of drug-likeness (QED) is 0.768. The molecule has 5 rings (SSSR count). The molecule has 2 aromatic rings. The SMILES string of the molecule is Cc1ccc(S(=O)(=O)NC[C@H]2[C@H]3CN(Cc4cnc[nH]4)C[C@]34CC[C@H]2O4)cc1.